The van der Waals surface area contributed by atoms with Crippen LogP contribution in [0.25, 0.3) is 0 Å². The Kier molecular flexibility index (Phi) is 2.77. The molecule has 1 aromatic heterocycles. The third-order valence-corrected chi connectivity index (χ3v) is 4.49. The molecule has 1 amide bonds. The van der Waals surface area contributed by atoms with Crippen LogP contribution in [0.2, 0.25) is 0 Å². The number of fused-ring (bicyclic) bond motifs is 1. The van der Waals surface area contributed by atoms with Crippen LogP contribution in [-0.4, -0.2) is 40.0 Å². The smallest absolute Gasteiger partial charge is 0.311 e. The zero-order valence-corrected chi connectivity index (χ0v) is 10.6. The van der Waals surface area contributed by atoms with Crippen molar-refractivity contribution >= 4 is 11.9 Å². The molecule has 0 radical (unpaired) electrons. The van der Waals surface area contributed by atoms with Gasteiger partial charge in [-0.15, -0.1) is 0 Å². The predicted molar refractivity (Wildman–Crippen MR) is 67.6 cm³/mol. The van der Waals surface area contributed by atoms with Gasteiger partial charge in [0.25, 0.3) is 5.91 Å². The largest absolute Gasteiger partial charge is 0.481 e. The number of carboxylic acids is 1. The number of amides is 1. The van der Waals surface area contributed by atoms with Crippen LogP contribution in [-0.2, 0) is 4.79 Å². The number of carbonyl (C=O) groups excluding carboxylic acids is 1. The number of carboxylic acid groups (broad SMARTS) is 1. The van der Waals surface area contributed by atoms with Crippen LogP contribution in [0.3, 0.4) is 0 Å². The fourth-order valence-electron chi connectivity index (χ4n) is 3.47. The highest BCUT2D eigenvalue weighted by molar-refractivity contribution is 5.94. The minimum Gasteiger partial charge on any atom is -0.481 e. The van der Waals surface area contributed by atoms with E-state index in [1.807, 2.05) is 0 Å². The Balaban J connectivity index is 1.83. The molecular weight excluding hydrogens is 244 g/mol. The maximum Gasteiger partial charge on any atom is 0.311 e. The van der Waals surface area contributed by atoms with Crippen molar-refractivity contribution in [2.24, 2.45) is 11.3 Å². The topological polar surface area (TPSA) is 70.5 Å². The fraction of sp³-hybridized carbons (Fsp3) is 0.500. The van der Waals surface area contributed by atoms with Gasteiger partial charge in [0.05, 0.1) is 11.0 Å². The quantitative estimate of drug-likeness (QED) is 0.872. The normalized spacial score (nSPS) is 29.3. The monoisotopic (exact) mass is 260 g/mol. The molecule has 1 aliphatic heterocycles. The molecule has 0 unspecified atom stereocenters. The molecule has 19 heavy (non-hydrogen) atoms. The lowest BCUT2D eigenvalue weighted by Gasteiger charge is -2.23. The first-order valence-corrected chi connectivity index (χ1v) is 6.56. The minimum absolute atomic E-state index is 0.102. The number of aliphatic carboxylic acids is 1. The lowest BCUT2D eigenvalue weighted by Crippen LogP contribution is -2.37. The molecule has 100 valence electrons. The van der Waals surface area contributed by atoms with Gasteiger partial charge >= 0.3 is 5.97 Å². The van der Waals surface area contributed by atoms with E-state index in [-0.39, 0.29) is 11.8 Å². The van der Waals surface area contributed by atoms with Gasteiger partial charge in [-0.2, -0.15) is 0 Å². The Morgan fingerprint density at radius 1 is 1.47 bits per heavy atom. The zero-order valence-electron chi connectivity index (χ0n) is 10.6. The summed E-state index contributed by atoms with van der Waals surface area (Å²) in [4.78, 5) is 29.5. The van der Waals surface area contributed by atoms with Crippen molar-refractivity contribution in [2.75, 3.05) is 13.1 Å². The summed E-state index contributed by atoms with van der Waals surface area (Å²) in [7, 11) is 0. The number of likely N-dealkylation sites (tertiary alicyclic amines) is 1. The number of carbonyl (C=O) groups is 2. The number of hydrogen-bond donors (Lipinski definition) is 1. The van der Waals surface area contributed by atoms with Gasteiger partial charge in [-0.25, -0.2) is 0 Å². The van der Waals surface area contributed by atoms with Gasteiger partial charge in [0, 0.05) is 25.5 Å². The average molecular weight is 260 g/mol. The minimum atomic E-state index is -0.753. The summed E-state index contributed by atoms with van der Waals surface area (Å²) in [6, 6.07) is 3.44. The highest BCUT2D eigenvalue weighted by Crippen LogP contribution is 2.49. The number of nitrogens with zero attached hydrogens (tertiary/aromatic N) is 2. The van der Waals surface area contributed by atoms with Crippen molar-refractivity contribution in [3.8, 4) is 0 Å². The molecule has 5 heteroatoms. The third kappa shape index (κ3) is 1.80. The molecule has 0 aromatic carbocycles. The molecule has 1 saturated carbocycles. The second-order valence-electron chi connectivity index (χ2n) is 5.48. The van der Waals surface area contributed by atoms with E-state index in [9.17, 15) is 14.7 Å². The number of pyridine rings is 1. The summed E-state index contributed by atoms with van der Waals surface area (Å²) < 4.78 is 0. The number of hydrogen-bond acceptors (Lipinski definition) is 3. The lowest BCUT2D eigenvalue weighted by molar-refractivity contribution is -0.149. The van der Waals surface area contributed by atoms with Crippen molar-refractivity contribution in [2.45, 2.75) is 19.3 Å². The summed E-state index contributed by atoms with van der Waals surface area (Å²) in [6.07, 6.45) is 5.69. The Bertz CT molecular complexity index is 517. The third-order valence-electron chi connectivity index (χ3n) is 4.49. The first-order chi connectivity index (χ1) is 9.13. The van der Waals surface area contributed by atoms with E-state index in [0.717, 1.165) is 12.8 Å². The lowest BCUT2D eigenvalue weighted by atomic mass is 9.81. The van der Waals surface area contributed by atoms with E-state index in [0.29, 0.717) is 25.1 Å². The summed E-state index contributed by atoms with van der Waals surface area (Å²) in [5.41, 5.74) is -0.180. The van der Waals surface area contributed by atoms with Crippen LogP contribution in [0.15, 0.2) is 24.5 Å². The highest BCUT2D eigenvalue weighted by Gasteiger charge is 2.55. The highest BCUT2D eigenvalue weighted by atomic mass is 16.4. The molecule has 0 bridgehead atoms. The van der Waals surface area contributed by atoms with Crippen LogP contribution in [0, 0.1) is 11.3 Å². The van der Waals surface area contributed by atoms with Gasteiger partial charge in [0.15, 0.2) is 0 Å². The maximum absolute atomic E-state index is 12.3. The second kappa shape index (κ2) is 4.33. The fourth-order valence-corrected chi connectivity index (χ4v) is 3.47. The van der Waals surface area contributed by atoms with E-state index in [1.165, 1.54) is 6.20 Å². The molecule has 0 spiro atoms. The summed E-state index contributed by atoms with van der Waals surface area (Å²) >= 11 is 0. The van der Waals surface area contributed by atoms with E-state index in [2.05, 4.69) is 4.98 Å². The first-order valence-electron chi connectivity index (χ1n) is 6.56. The molecule has 1 N–H and O–H groups in total. The van der Waals surface area contributed by atoms with E-state index >= 15 is 0 Å². The summed E-state index contributed by atoms with van der Waals surface area (Å²) in [6.45, 7) is 0.890. The molecule has 2 aliphatic rings. The van der Waals surface area contributed by atoms with E-state index in [4.69, 9.17) is 0 Å². The maximum atomic E-state index is 12.3. The Morgan fingerprint density at radius 2 is 2.32 bits per heavy atom. The molecular formula is C14H16N2O3. The molecule has 2 heterocycles. The Hall–Kier alpha value is -1.91. The SMILES string of the molecule is O=C(c1cccnc1)N1C[C@@H]2CCC[C@@]2(C(=O)O)C1. The van der Waals surface area contributed by atoms with E-state index in [1.54, 1.807) is 23.2 Å². The van der Waals surface area contributed by atoms with Crippen molar-refractivity contribution in [1.82, 2.24) is 9.88 Å². The summed E-state index contributed by atoms with van der Waals surface area (Å²) in [5, 5.41) is 9.49. The predicted octanol–water partition coefficient (Wildman–Crippen LogP) is 1.41. The number of aromatic nitrogens is 1. The number of rotatable bonds is 2. The van der Waals surface area contributed by atoms with Crippen LogP contribution >= 0.6 is 0 Å². The molecule has 1 aromatic rings. The van der Waals surface area contributed by atoms with Gasteiger partial charge in [-0.3, -0.25) is 14.6 Å². The van der Waals surface area contributed by atoms with Gasteiger partial charge in [-0.05, 0) is 30.9 Å². The standard InChI is InChI=1S/C14H16N2O3/c17-12(10-3-2-6-15-7-10)16-8-11-4-1-5-14(11,9-16)13(18)19/h2-3,6-7,11H,1,4-5,8-9H2,(H,18,19)/t11-,14+/m0/s1. The van der Waals surface area contributed by atoms with Gasteiger partial charge in [0.2, 0.25) is 0 Å². The van der Waals surface area contributed by atoms with Crippen molar-refractivity contribution in [3.63, 3.8) is 0 Å². The Morgan fingerprint density at radius 3 is 2.95 bits per heavy atom. The molecule has 5 nitrogen and oxygen atoms in total. The van der Waals surface area contributed by atoms with Crippen molar-refractivity contribution in [3.05, 3.63) is 30.1 Å². The average Bonchev–Trinajstić information content (AvgIpc) is 2.96. The van der Waals surface area contributed by atoms with Gasteiger partial charge in [0.1, 0.15) is 0 Å². The first kappa shape index (κ1) is 12.1. The van der Waals surface area contributed by atoms with Crippen LogP contribution < -0.4 is 0 Å². The zero-order chi connectivity index (χ0) is 13.5. The van der Waals surface area contributed by atoms with Crippen molar-refractivity contribution < 1.29 is 14.7 Å². The molecule has 2 atom stereocenters. The Labute approximate surface area is 111 Å². The molecule has 1 saturated heterocycles. The molecule has 3 rings (SSSR count). The summed E-state index contributed by atoms with van der Waals surface area (Å²) in [5.74, 6) is -0.759. The van der Waals surface area contributed by atoms with Crippen LogP contribution in [0.4, 0.5) is 0 Å². The molecule has 1 aliphatic carbocycles. The molecule has 2 fully saturated rings. The second-order valence-corrected chi connectivity index (χ2v) is 5.48. The van der Waals surface area contributed by atoms with Gasteiger partial charge < -0.3 is 10.0 Å². The van der Waals surface area contributed by atoms with E-state index < -0.39 is 11.4 Å². The van der Waals surface area contributed by atoms with Crippen LogP contribution in [0.1, 0.15) is 29.6 Å². The van der Waals surface area contributed by atoms with Crippen LogP contribution in [0.5, 0.6) is 0 Å². The van der Waals surface area contributed by atoms with Crippen molar-refractivity contribution in [1.29, 1.82) is 0 Å². The van der Waals surface area contributed by atoms with Gasteiger partial charge in [-0.1, -0.05) is 6.42 Å².